The van der Waals surface area contributed by atoms with Gasteiger partial charge in [-0.25, -0.2) is 8.42 Å². The number of benzene rings is 2. The molecule has 2 aromatic carbocycles. The Kier molecular flexibility index (Phi) is 8.65. The number of sulfone groups is 1. The molecule has 3 saturated carbocycles. The number of aliphatic hydroxyl groups is 2. The molecule has 0 aromatic heterocycles. The molecular formula is C39H51F3O4S. The normalized spacial score (nSPS) is 36.7. The molecule has 2 aromatic rings. The van der Waals surface area contributed by atoms with Gasteiger partial charge in [0.15, 0.2) is 15.4 Å². The molecule has 0 spiro atoms. The summed E-state index contributed by atoms with van der Waals surface area (Å²) in [6.07, 6.45) is 3.23. The number of halogens is 3. The van der Waals surface area contributed by atoms with Crippen LogP contribution in [0.3, 0.4) is 0 Å². The van der Waals surface area contributed by atoms with Gasteiger partial charge in [0.2, 0.25) is 0 Å². The monoisotopic (exact) mass is 672 g/mol. The number of hydrogen-bond donors (Lipinski definition) is 2. The number of hydrogen-bond acceptors (Lipinski definition) is 4. The molecule has 47 heavy (non-hydrogen) atoms. The first-order valence-electron chi connectivity index (χ1n) is 17.4. The van der Waals surface area contributed by atoms with Crippen LogP contribution < -0.4 is 0 Å². The van der Waals surface area contributed by atoms with Crippen LogP contribution in [-0.2, 0) is 15.4 Å². The maximum Gasteiger partial charge on any atom is 0.421 e. The second-order valence-corrected chi connectivity index (χ2v) is 18.5. The lowest BCUT2D eigenvalue weighted by Crippen LogP contribution is -2.53. The largest absolute Gasteiger partial charge is 0.421 e. The molecular weight excluding hydrogens is 621 g/mol. The maximum absolute atomic E-state index is 15.0. The van der Waals surface area contributed by atoms with E-state index in [1.165, 1.54) is 35.9 Å². The highest BCUT2D eigenvalue weighted by Gasteiger charge is 2.63. The molecule has 0 saturated heterocycles. The molecule has 2 N–H and O–H groups in total. The van der Waals surface area contributed by atoms with Crippen LogP contribution in [0.25, 0.3) is 0 Å². The van der Waals surface area contributed by atoms with E-state index in [1.807, 2.05) is 13.8 Å². The molecule has 0 bridgehead atoms. The Bertz CT molecular complexity index is 1620. The first-order chi connectivity index (χ1) is 21.8. The van der Waals surface area contributed by atoms with Crippen LogP contribution in [0, 0.1) is 47.3 Å². The van der Waals surface area contributed by atoms with E-state index in [0.29, 0.717) is 29.7 Å². The van der Waals surface area contributed by atoms with Gasteiger partial charge in [-0.1, -0.05) is 80.4 Å². The Morgan fingerprint density at radius 3 is 2.30 bits per heavy atom. The summed E-state index contributed by atoms with van der Waals surface area (Å²) in [5, 5.41) is 21.0. The third-order valence-corrected chi connectivity index (χ3v) is 15.9. The molecule has 8 heteroatoms. The van der Waals surface area contributed by atoms with Crippen molar-refractivity contribution in [3.8, 4) is 0 Å². The fourth-order valence-electron chi connectivity index (χ4n) is 10.9. The van der Waals surface area contributed by atoms with Crippen molar-refractivity contribution in [3.63, 3.8) is 0 Å². The van der Waals surface area contributed by atoms with E-state index >= 15 is 0 Å². The van der Waals surface area contributed by atoms with E-state index in [1.54, 1.807) is 31.2 Å². The van der Waals surface area contributed by atoms with E-state index in [9.17, 15) is 31.8 Å². The minimum atomic E-state index is -5.09. The smallest absolute Gasteiger partial charge is 0.390 e. The molecule has 0 heterocycles. The van der Waals surface area contributed by atoms with Gasteiger partial charge in [0.05, 0.1) is 15.7 Å². The topological polar surface area (TPSA) is 74.6 Å². The highest BCUT2D eigenvalue weighted by molar-refractivity contribution is 7.92. The van der Waals surface area contributed by atoms with Crippen molar-refractivity contribution < 1.29 is 31.8 Å². The average Bonchev–Trinajstić information content (AvgIpc) is 3.36. The second kappa shape index (κ2) is 11.7. The van der Waals surface area contributed by atoms with Gasteiger partial charge in [0, 0.05) is 6.42 Å². The van der Waals surface area contributed by atoms with E-state index in [-0.39, 0.29) is 27.2 Å². The van der Waals surface area contributed by atoms with Crippen molar-refractivity contribution in [2.75, 3.05) is 0 Å². The van der Waals surface area contributed by atoms with Gasteiger partial charge < -0.3 is 10.2 Å². The Balaban J connectivity index is 1.37. The van der Waals surface area contributed by atoms with Gasteiger partial charge in [-0.15, -0.1) is 0 Å². The summed E-state index contributed by atoms with van der Waals surface area (Å²) in [6, 6.07) is 13.5. The predicted molar refractivity (Wildman–Crippen MR) is 178 cm³/mol. The SMILES string of the molecule is Cc1cccc(C(O)(CC([C@@H](C)[C@H]2CC[C@H]3[C@@H]4CC=C5C[C@@](C)(O)CC[C@]5(C)[C@H]4CC[C@]23C)S(=O)(=O)c2ccccc2)C(F)(F)F)c1. The zero-order valence-corrected chi connectivity index (χ0v) is 29.2. The summed E-state index contributed by atoms with van der Waals surface area (Å²) in [6.45, 7) is 10.0. The highest BCUT2D eigenvalue weighted by Crippen LogP contribution is 2.68. The van der Waals surface area contributed by atoms with Crippen molar-refractivity contribution in [1.29, 1.82) is 0 Å². The number of fused-ring (bicyclic) bond motifs is 5. The summed E-state index contributed by atoms with van der Waals surface area (Å²) in [5.41, 5.74) is -2.60. The minimum Gasteiger partial charge on any atom is -0.390 e. The first kappa shape index (κ1) is 34.7. The van der Waals surface area contributed by atoms with E-state index in [0.717, 1.165) is 44.9 Å². The van der Waals surface area contributed by atoms with Crippen LogP contribution in [0.1, 0.15) is 96.6 Å². The molecule has 3 fully saturated rings. The molecule has 4 nitrogen and oxygen atoms in total. The Morgan fingerprint density at radius 2 is 1.64 bits per heavy atom. The van der Waals surface area contributed by atoms with Crippen LogP contribution in [0.4, 0.5) is 13.2 Å². The number of allylic oxidation sites excluding steroid dienone is 1. The Labute approximate surface area is 278 Å². The average molecular weight is 673 g/mol. The standard InChI is InChI=1S/C39H51F3O4S/c1-25-10-9-11-27(22-25)38(44,39(40,41)42)24-34(47(45,46)29-12-7-6-8-13-29)26(2)31-16-17-32-30-15-14-28-23-35(3,43)20-21-36(28,4)33(30)18-19-37(31,32)5/h6-14,22,26,30-34,43-44H,15-21,23-24H2,1-5H3/t26-,30-,31+,32-,33-,34?,35-,36-,37+,38?/m0/s1. The molecule has 0 radical (unpaired) electrons. The lowest BCUT2D eigenvalue weighted by molar-refractivity contribution is -0.270. The van der Waals surface area contributed by atoms with Crippen molar-refractivity contribution in [3.05, 3.63) is 77.4 Å². The van der Waals surface area contributed by atoms with Crippen molar-refractivity contribution in [2.24, 2.45) is 40.4 Å². The lowest BCUT2D eigenvalue weighted by atomic mass is 9.46. The Hall–Kier alpha value is -2.16. The summed E-state index contributed by atoms with van der Waals surface area (Å²) >= 11 is 0. The van der Waals surface area contributed by atoms with Crippen molar-refractivity contribution >= 4 is 9.84 Å². The van der Waals surface area contributed by atoms with Crippen molar-refractivity contribution in [2.45, 2.75) is 120 Å². The van der Waals surface area contributed by atoms with Gasteiger partial charge in [0.1, 0.15) is 0 Å². The molecule has 4 aliphatic carbocycles. The molecule has 6 rings (SSSR count). The summed E-state index contributed by atoms with van der Waals surface area (Å²) in [4.78, 5) is -0.0138. The van der Waals surface area contributed by atoms with Crippen LogP contribution in [-0.4, -0.2) is 35.7 Å². The Morgan fingerprint density at radius 1 is 0.936 bits per heavy atom. The predicted octanol–water partition coefficient (Wildman–Crippen LogP) is 8.94. The van der Waals surface area contributed by atoms with E-state index < -0.39 is 44.8 Å². The molecule has 4 aliphatic rings. The van der Waals surface area contributed by atoms with E-state index in [4.69, 9.17) is 0 Å². The molecule has 2 unspecified atom stereocenters. The third-order valence-electron chi connectivity index (χ3n) is 13.6. The van der Waals surface area contributed by atoms with Gasteiger partial charge in [-0.05, 0) is 123 Å². The highest BCUT2D eigenvalue weighted by atomic mass is 32.2. The summed E-state index contributed by atoms with van der Waals surface area (Å²) in [7, 11) is -4.27. The van der Waals surface area contributed by atoms with Gasteiger partial charge >= 0.3 is 6.18 Å². The number of rotatable bonds is 7. The molecule has 10 atom stereocenters. The lowest BCUT2D eigenvalue weighted by Gasteiger charge is -2.59. The van der Waals surface area contributed by atoms with Gasteiger partial charge in [-0.3, -0.25) is 0 Å². The maximum atomic E-state index is 15.0. The third kappa shape index (κ3) is 5.72. The molecule has 0 amide bonds. The number of aryl methyl sites for hydroxylation is 1. The summed E-state index contributed by atoms with van der Waals surface area (Å²) < 4.78 is 73.9. The molecule has 258 valence electrons. The van der Waals surface area contributed by atoms with Crippen LogP contribution in [0.2, 0.25) is 0 Å². The van der Waals surface area contributed by atoms with Gasteiger partial charge in [-0.2, -0.15) is 13.2 Å². The fraction of sp³-hybridized carbons (Fsp3) is 0.641. The van der Waals surface area contributed by atoms with Gasteiger partial charge in [0.25, 0.3) is 0 Å². The zero-order chi connectivity index (χ0) is 34.2. The zero-order valence-electron chi connectivity index (χ0n) is 28.4. The molecule has 0 aliphatic heterocycles. The van der Waals surface area contributed by atoms with Crippen LogP contribution in [0.15, 0.2) is 71.1 Å². The fourth-order valence-corrected chi connectivity index (χ4v) is 13.0. The van der Waals surface area contributed by atoms with E-state index in [2.05, 4.69) is 19.9 Å². The second-order valence-electron chi connectivity index (χ2n) is 16.3. The van der Waals surface area contributed by atoms with Crippen LogP contribution in [0.5, 0.6) is 0 Å². The quantitative estimate of drug-likeness (QED) is 0.288. The van der Waals surface area contributed by atoms with Crippen molar-refractivity contribution in [1.82, 2.24) is 0 Å². The number of alkyl halides is 3. The summed E-state index contributed by atoms with van der Waals surface area (Å²) in [5.74, 6) is 0.499. The minimum absolute atomic E-state index is 0.0138. The first-order valence-corrected chi connectivity index (χ1v) is 19.0. The van der Waals surface area contributed by atoms with Crippen LogP contribution >= 0.6 is 0 Å².